The minimum Gasteiger partial charge on any atom is -0.444 e. The standard InChI is InChI=1S/C17H31N3O6/c1-16(2,3)25-14(23)18-8-13(22)19-11-7-12(10-21)20(9-11)15(24)26-17(4,5)6/h11-12,21H,7-10H2,1-6H3,(H,18,23)(H,19,22). The molecule has 3 N–H and O–H groups in total. The van der Waals surface area contributed by atoms with Gasteiger partial charge in [-0.1, -0.05) is 0 Å². The monoisotopic (exact) mass is 373 g/mol. The van der Waals surface area contributed by atoms with Crippen LogP contribution in [0.3, 0.4) is 0 Å². The van der Waals surface area contributed by atoms with E-state index in [0.717, 1.165) is 0 Å². The third-order valence-electron chi connectivity index (χ3n) is 3.41. The predicted octanol–water partition coefficient (Wildman–Crippen LogP) is 0.998. The van der Waals surface area contributed by atoms with E-state index in [1.807, 2.05) is 0 Å². The number of nitrogens with zero attached hydrogens (tertiary/aromatic N) is 1. The second kappa shape index (κ2) is 8.57. The van der Waals surface area contributed by atoms with E-state index in [2.05, 4.69) is 10.6 Å². The molecule has 2 atom stereocenters. The largest absolute Gasteiger partial charge is 0.444 e. The molecule has 3 amide bonds. The van der Waals surface area contributed by atoms with Crippen LogP contribution in [0.15, 0.2) is 0 Å². The van der Waals surface area contributed by atoms with Gasteiger partial charge in [-0.15, -0.1) is 0 Å². The maximum atomic E-state index is 12.2. The molecular formula is C17H31N3O6. The summed E-state index contributed by atoms with van der Waals surface area (Å²) in [6.07, 6.45) is -0.795. The van der Waals surface area contributed by atoms with Crippen LogP contribution in [0.5, 0.6) is 0 Å². The molecule has 1 fully saturated rings. The Labute approximate surface area is 154 Å². The molecule has 0 aromatic rings. The zero-order valence-corrected chi connectivity index (χ0v) is 16.4. The van der Waals surface area contributed by atoms with E-state index in [1.165, 1.54) is 4.90 Å². The summed E-state index contributed by atoms with van der Waals surface area (Å²) in [7, 11) is 0. The second-order valence-corrected chi connectivity index (χ2v) is 8.32. The van der Waals surface area contributed by atoms with Crippen LogP contribution < -0.4 is 10.6 Å². The van der Waals surface area contributed by atoms with Crippen molar-refractivity contribution in [3.8, 4) is 0 Å². The number of hydrogen-bond donors (Lipinski definition) is 3. The van der Waals surface area contributed by atoms with Crippen molar-refractivity contribution >= 4 is 18.1 Å². The third kappa shape index (κ3) is 7.90. The van der Waals surface area contributed by atoms with E-state index in [1.54, 1.807) is 41.5 Å². The van der Waals surface area contributed by atoms with Crippen LogP contribution in [0, 0.1) is 0 Å². The van der Waals surface area contributed by atoms with Gasteiger partial charge in [0.2, 0.25) is 5.91 Å². The number of alkyl carbamates (subject to hydrolysis) is 1. The van der Waals surface area contributed by atoms with Gasteiger partial charge in [-0.25, -0.2) is 9.59 Å². The summed E-state index contributed by atoms with van der Waals surface area (Å²) < 4.78 is 10.4. The van der Waals surface area contributed by atoms with Gasteiger partial charge in [0.05, 0.1) is 12.6 Å². The molecule has 0 bridgehead atoms. The summed E-state index contributed by atoms with van der Waals surface area (Å²) in [6.45, 7) is 10.2. The van der Waals surface area contributed by atoms with Crippen molar-refractivity contribution < 1.29 is 29.0 Å². The van der Waals surface area contributed by atoms with E-state index in [-0.39, 0.29) is 25.7 Å². The van der Waals surface area contributed by atoms with E-state index in [0.29, 0.717) is 6.42 Å². The molecule has 0 aromatic carbocycles. The number of likely N-dealkylation sites (tertiary alicyclic amines) is 1. The first kappa shape index (κ1) is 22.0. The van der Waals surface area contributed by atoms with Crippen molar-refractivity contribution in [3.05, 3.63) is 0 Å². The Bertz CT molecular complexity index is 524. The molecule has 9 heteroatoms. The zero-order valence-electron chi connectivity index (χ0n) is 16.4. The van der Waals surface area contributed by atoms with Gasteiger partial charge in [0.15, 0.2) is 0 Å². The highest BCUT2D eigenvalue weighted by molar-refractivity contribution is 5.82. The van der Waals surface area contributed by atoms with E-state index < -0.39 is 35.3 Å². The summed E-state index contributed by atoms with van der Waals surface area (Å²) >= 11 is 0. The van der Waals surface area contributed by atoms with E-state index in [9.17, 15) is 19.5 Å². The van der Waals surface area contributed by atoms with Gasteiger partial charge in [-0.3, -0.25) is 4.79 Å². The van der Waals surface area contributed by atoms with Crippen molar-refractivity contribution in [3.63, 3.8) is 0 Å². The highest BCUT2D eigenvalue weighted by atomic mass is 16.6. The Morgan fingerprint density at radius 2 is 1.65 bits per heavy atom. The van der Waals surface area contributed by atoms with Gasteiger partial charge in [0.1, 0.15) is 17.7 Å². The van der Waals surface area contributed by atoms with Gasteiger partial charge in [-0.2, -0.15) is 0 Å². The summed E-state index contributed by atoms with van der Waals surface area (Å²) in [5, 5.41) is 14.6. The number of nitrogens with one attached hydrogen (secondary N) is 2. The number of ether oxygens (including phenoxy) is 2. The Morgan fingerprint density at radius 1 is 1.08 bits per heavy atom. The Balaban J connectivity index is 2.49. The molecular weight excluding hydrogens is 342 g/mol. The smallest absolute Gasteiger partial charge is 0.410 e. The van der Waals surface area contributed by atoms with E-state index >= 15 is 0 Å². The van der Waals surface area contributed by atoms with Crippen LogP contribution >= 0.6 is 0 Å². The Kier molecular flexibility index (Phi) is 7.25. The highest BCUT2D eigenvalue weighted by Crippen LogP contribution is 2.21. The fourth-order valence-corrected chi connectivity index (χ4v) is 2.48. The fraction of sp³-hybridized carbons (Fsp3) is 0.824. The van der Waals surface area contributed by atoms with E-state index in [4.69, 9.17) is 9.47 Å². The number of aliphatic hydroxyl groups excluding tert-OH is 1. The lowest BCUT2D eigenvalue weighted by molar-refractivity contribution is -0.120. The zero-order chi connectivity index (χ0) is 20.1. The molecule has 26 heavy (non-hydrogen) atoms. The average Bonchev–Trinajstić information content (AvgIpc) is 2.84. The molecule has 2 unspecified atom stereocenters. The van der Waals surface area contributed by atoms with Crippen LogP contribution in [-0.2, 0) is 14.3 Å². The lowest BCUT2D eigenvalue weighted by Crippen LogP contribution is -2.45. The van der Waals surface area contributed by atoms with Crippen molar-refractivity contribution in [1.29, 1.82) is 0 Å². The minimum atomic E-state index is -0.678. The van der Waals surface area contributed by atoms with Gasteiger partial charge in [-0.05, 0) is 48.0 Å². The average molecular weight is 373 g/mol. The van der Waals surface area contributed by atoms with Crippen molar-refractivity contribution in [2.24, 2.45) is 0 Å². The predicted molar refractivity (Wildman–Crippen MR) is 94.6 cm³/mol. The first-order valence-corrected chi connectivity index (χ1v) is 8.67. The van der Waals surface area contributed by atoms with Crippen LogP contribution in [0.1, 0.15) is 48.0 Å². The van der Waals surface area contributed by atoms with Crippen molar-refractivity contribution in [1.82, 2.24) is 15.5 Å². The first-order chi connectivity index (χ1) is 11.8. The number of carbonyl (C=O) groups excluding carboxylic acids is 3. The van der Waals surface area contributed by atoms with Crippen molar-refractivity contribution in [2.45, 2.75) is 71.2 Å². The number of rotatable bonds is 4. The lowest BCUT2D eigenvalue weighted by Gasteiger charge is -2.27. The second-order valence-electron chi connectivity index (χ2n) is 8.32. The lowest BCUT2D eigenvalue weighted by atomic mass is 10.2. The minimum absolute atomic E-state index is 0.220. The Morgan fingerprint density at radius 3 is 2.15 bits per heavy atom. The molecule has 0 aliphatic carbocycles. The Hall–Kier alpha value is -2.03. The highest BCUT2D eigenvalue weighted by Gasteiger charge is 2.37. The first-order valence-electron chi connectivity index (χ1n) is 8.67. The van der Waals surface area contributed by atoms with Gasteiger partial charge >= 0.3 is 12.2 Å². The molecule has 1 saturated heterocycles. The molecule has 0 saturated carbocycles. The normalized spacial score (nSPS) is 20.5. The summed E-state index contributed by atoms with van der Waals surface area (Å²) in [4.78, 5) is 37.2. The quantitative estimate of drug-likeness (QED) is 0.677. The number of carbonyl (C=O) groups is 3. The maximum absolute atomic E-state index is 12.2. The van der Waals surface area contributed by atoms with Crippen LogP contribution in [0.4, 0.5) is 9.59 Å². The molecule has 0 spiro atoms. The number of amides is 3. The molecule has 150 valence electrons. The molecule has 0 aromatic heterocycles. The summed E-state index contributed by atoms with van der Waals surface area (Å²) in [5.41, 5.74) is -1.29. The number of aliphatic hydroxyl groups is 1. The molecule has 1 aliphatic heterocycles. The van der Waals surface area contributed by atoms with Gasteiger partial charge in [0, 0.05) is 12.6 Å². The van der Waals surface area contributed by atoms with Crippen molar-refractivity contribution in [2.75, 3.05) is 19.7 Å². The SMILES string of the molecule is CC(C)(C)OC(=O)NCC(=O)NC1CC(CO)N(C(=O)OC(C)(C)C)C1. The van der Waals surface area contributed by atoms with Crippen LogP contribution in [0.25, 0.3) is 0 Å². The molecule has 1 rings (SSSR count). The third-order valence-corrected chi connectivity index (χ3v) is 3.41. The summed E-state index contributed by atoms with van der Waals surface area (Å²) in [6, 6.07) is -0.749. The van der Waals surface area contributed by atoms with Gasteiger partial charge < -0.3 is 30.1 Å². The van der Waals surface area contributed by atoms with Crippen LogP contribution in [0.2, 0.25) is 0 Å². The molecule has 1 aliphatic rings. The summed E-state index contributed by atoms with van der Waals surface area (Å²) in [5.74, 6) is -0.399. The topological polar surface area (TPSA) is 117 Å². The van der Waals surface area contributed by atoms with Crippen LogP contribution in [-0.4, -0.2) is 71.1 Å². The molecule has 1 heterocycles. The number of hydrogen-bond acceptors (Lipinski definition) is 6. The maximum Gasteiger partial charge on any atom is 0.410 e. The fourth-order valence-electron chi connectivity index (χ4n) is 2.48. The molecule has 0 radical (unpaired) electrons. The molecule has 9 nitrogen and oxygen atoms in total. The van der Waals surface area contributed by atoms with Gasteiger partial charge in [0.25, 0.3) is 0 Å².